The summed E-state index contributed by atoms with van der Waals surface area (Å²) >= 11 is 0. The van der Waals surface area contributed by atoms with Gasteiger partial charge in [-0.05, 0) is 166 Å². The minimum absolute atomic E-state index is 0.0127. The SMILES string of the molecule is [2H]c1c([2H])c([2H])c2c(c1[2H])c1c([2H])c([2H])c([2H])c([2H])c1n2-c1ccc2c(c1)N(c1c(-c3ccccc3)cc(C(C)(C)C)cc1-c1nc(-c3ccccc3)nc(-c3ccccc3)n1)c1cc(C(C)(C)C)cc3c1B2c1cc(-c2cc(C(C)(C)C)cc(C(C)(C)C)c2)ccc1N3c1c(-c2ccccc2)cc(C(C)(C)C)cc1-c1ccccc1. The summed E-state index contributed by atoms with van der Waals surface area (Å²) in [6.45, 7) is 33.5. The number of rotatable bonds is 10. The van der Waals surface area contributed by atoms with Crippen LogP contribution in [0.2, 0.25) is 0 Å². The van der Waals surface area contributed by atoms with Crippen molar-refractivity contribution >= 4 is 79.0 Å². The molecule has 108 heavy (non-hydrogen) atoms. The second-order valence-electron chi connectivity index (χ2n) is 34.4. The van der Waals surface area contributed by atoms with E-state index in [1.165, 1.54) is 16.7 Å². The van der Waals surface area contributed by atoms with Crippen LogP contribution in [-0.4, -0.2) is 26.2 Å². The minimum atomic E-state index is -0.570. The van der Waals surface area contributed by atoms with Crippen LogP contribution in [-0.2, 0) is 27.1 Å². The fourth-order valence-electron chi connectivity index (χ4n) is 15.8. The number of hydrogen-bond acceptors (Lipinski definition) is 5. The Morgan fingerprint density at radius 2 is 0.657 bits per heavy atom. The molecule has 0 N–H and O–H groups in total. The Bertz CT molecular complexity index is 6280. The second-order valence-corrected chi connectivity index (χ2v) is 34.4. The van der Waals surface area contributed by atoms with E-state index >= 15 is 0 Å². The molecular formula is C101H93BN6. The van der Waals surface area contributed by atoms with E-state index in [-0.39, 0.29) is 38.1 Å². The van der Waals surface area contributed by atoms with Gasteiger partial charge < -0.3 is 14.4 Å². The molecule has 0 atom stereocenters. The fraction of sp³-hybridized carbons (Fsp3) is 0.198. The highest BCUT2D eigenvalue weighted by Gasteiger charge is 2.47. The Kier molecular flexibility index (Phi) is 14.6. The van der Waals surface area contributed by atoms with E-state index in [2.05, 4.69) is 284 Å². The predicted molar refractivity (Wildman–Crippen MR) is 460 cm³/mol. The zero-order valence-electron chi connectivity index (χ0n) is 72.4. The van der Waals surface area contributed by atoms with Crippen molar-refractivity contribution in [3.8, 4) is 84.4 Å². The molecule has 17 rings (SSSR count). The first-order valence-corrected chi connectivity index (χ1v) is 37.7. The summed E-state index contributed by atoms with van der Waals surface area (Å²) in [5, 5.41) is -0.0253. The molecule has 0 amide bonds. The molecule has 0 aliphatic carbocycles. The normalized spacial score (nSPS) is 14.1. The zero-order valence-corrected chi connectivity index (χ0v) is 64.4. The molecule has 6 nitrogen and oxygen atoms in total. The van der Waals surface area contributed by atoms with Gasteiger partial charge >= 0.3 is 0 Å². The second kappa shape index (κ2) is 26.1. The summed E-state index contributed by atoms with van der Waals surface area (Å²) in [6, 6.07) is 83.3. The first kappa shape index (κ1) is 60.5. The molecule has 7 heteroatoms. The van der Waals surface area contributed by atoms with Crippen LogP contribution >= 0.6 is 0 Å². The average Bonchev–Trinajstić information content (AvgIpc) is 0.776. The smallest absolute Gasteiger partial charge is 0.252 e. The summed E-state index contributed by atoms with van der Waals surface area (Å²) in [5.41, 5.74) is 22.9. The van der Waals surface area contributed by atoms with Crippen LogP contribution in [0.4, 0.5) is 34.1 Å². The van der Waals surface area contributed by atoms with E-state index in [9.17, 15) is 11.0 Å². The van der Waals surface area contributed by atoms with Crippen molar-refractivity contribution in [3.63, 3.8) is 0 Å². The maximum Gasteiger partial charge on any atom is 0.252 e. The van der Waals surface area contributed by atoms with Gasteiger partial charge in [0.15, 0.2) is 17.5 Å². The Labute approximate surface area is 649 Å². The molecule has 0 radical (unpaired) electrons. The van der Waals surface area contributed by atoms with E-state index in [0.717, 1.165) is 112 Å². The van der Waals surface area contributed by atoms with Crippen molar-refractivity contribution in [2.45, 2.75) is 131 Å². The standard InChI is InChI=1S/C101H93BN6/c1-97(2,3)71-53-70(54-72(56-71)98(4,5)6)69-49-52-87-84(55-69)102-83-51-50-76(106-85-47-33-31-45-77(85)78-46-32-34-48-86(78)106)63-88(83)108(90-62-75(101(13,14)15)61-89(91(90)102)107(87)92-79(64-35-21-16-22-36-64)57-73(99(7,8)9)58-80(92)65-37-23-17-24-38-65)93-81(66-39-25-18-26-40-66)59-74(100(10,11)12)60-82(93)96-104-94(67-41-27-19-28-42-67)103-95(105-96)68-43-29-20-30-44-68/h16-63H,1-15H3/i31D,32D,33D,34D,45D,46D,47D,48D. The van der Waals surface area contributed by atoms with Crippen molar-refractivity contribution in [1.82, 2.24) is 19.5 Å². The lowest BCUT2D eigenvalue weighted by molar-refractivity contribution is 0.569. The first-order chi connectivity index (χ1) is 55.0. The van der Waals surface area contributed by atoms with E-state index < -0.39 is 65.9 Å². The number of anilines is 6. The maximum absolute atomic E-state index is 9.98. The number of fused-ring (bicyclic) bond motifs is 7. The van der Waals surface area contributed by atoms with Gasteiger partial charge in [-0.2, -0.15) is 0 Å². The van der Waals surface area contributed by atoms with Gasteiger partial charge in [-0.1, -0.05) is 328 Å². The lowest BCUT2D eigenvalue weighted by atomic mass is 9.33. The summed E-state index contributed by atoms with van der Waals surface area (Å²) < 4.78 is 78.2. The van der Waals surface area contributed by atoms with Gasteiger partial charge in [0, 0.05) is 72.6 Å². The van der Waals surface area contributed by atoms with Gasteiger partial charge in [0.25, 0.3) is 6.71 Å². The van der Waals surface area contributed by atoms with Crippen molar-refractivity contribution < 1.29 is 11.0 Å². The first-order valence-electron chi connectivity index (χ1n) is 41.7. The van der Waals surface area contributed by atoms with Crippen molar-refractivity contribution in [3.05, 3.63) is 319 Å². The third kappa shape index (κ3) is 12.3. The Balaban J connectivity index is 1.11. The Hall–Kier alpha value is -11.7. The molecule has 15 aromatic rings. The van der Waals surface area contributed by atoms with E-state index in [0.29, 0.717) is 34.4 Å². The highest BCUT2D eigenvalue weighted by atomic mass is 15.2. The molecule has 0 bridgehead atoms. The van der Waals surface area contributed by atoms with Crippen LogP contribution in [0.5, 0.6) is 0 Å². The van der Waals surface area contributed by atoms with Gasteiger partial charge in [0.1, 0.15) is 0 Å². The number of nitrogens with zero attached hydrogens (tertiary/aromatic N) is 6. The monoisotopic (exact) mass is 1410 g/mol. The molecule has 0 spiro atoms. The van der Waals surface area contributed by atoms with Gasteiger partial charge in [0.2, 0.25) is 0 Å². The van der Waals surface area contributed by atoms with Crippen LogP contribution < -0.4 is 26.2 Å². The van der Waals surface area contributed by atoms with Gasteiger partial charge in [-0.25, -0.2) is 15.0 Å². The summed E-state index contributed by atoms with van der Waals surface area (Å²) in [7, 11) is 0. The highest BCUT2D eigenvalue weighted by molar-refractivity contribution is 7.00. The minimum Gasteiger partial charge on any atom is -0.310 e. The van der Waals surface area contributed by atoms with Crippen molar-refractivity contribution in [2.24, 2.45) is 0 Å². The molecule has 2 aliphatic heterocycles. The highest BCUT2D eigenvalue weighted by Crippen LogP contribution is 2.56. The molecule has 530 valence electrons. The zero-order chi connectivity index (χ0) is 81.9. The van der Waals surface area contributed by atoms with Crippen LogP contribution in [0.25, 0.3) is 106 Å². The Morgan fingerprint density at radius 1 is 0.287 bits per heavy atom. The van der Waals surface area contributed by atoms with E-state index in [4.69, 9.17) is 15.0 Å². The topological polar surface area (TPSA) is 50.1 Å². The van der Waals surface area contributed by atoms with Crippen molar-refractivity contribution in [2.75, 3.05) is 9.80 Å². The predicted octanol–water partition coefficient (Wildman–Crippen LogP) is 25.2. The van der Waals surface area contributed by atoms with Crippen LogP contribution in [0.3, 0.4) is 0 Å². The third-order valence-corrected chi connectivity index (χ3v) is 21.8. The quantitative estimate of drug-likeness (QED) is 0.128. The lowest BCUT2D eigenvalue weighted by Gasteiger charge is -2.46. The summed E-state index contributed by atoms with van der Waals surface area (Å²) in [4.78, 5) is 21.7. The largest absolute Gasteiger partial charge is 0.310 e. The van der Waals surface area contributed by atoms with Crippen molar-refractivity contribution in [1.29, 1.82) is 0 Å². The summed E-state index contributed by atoms with van der Waals surface area (Å²) in [6.07, 6.45) is 0. The van der Waals surface area contributed by atoms with E-state index in [1.54, 1.807) is 4.57 Å². The molecule has 2 aliphatic rings. The average molecular weight is 1410 g/mol. The molecule has 0 fully saturated rings. The molecule has 0 saturated heterocycles. The van der Waals surface area contributed by atoms with E-state index in [1.807, 2.05) is 72.8 Å². The maximum atomic E-state index is 9.98. The molecule has 13 aromatic carbocycles. The number of aromatic nitrogens is 4. The number of benzene rings is 13. The fourth-order valence-corrected chi connectivity index (χ4v) is 15.8. The van der Waals surface area contributed by atoms with Crippen LogP contribution in [0.15, 0.2) is 291 Å². The number of hydrogen-bond donors (Lipinski definition) is 0. The third-order valence-electron chi connectivity index (χ3n) is 21.8. The van der Waals surface area contributed by atoms with Gasteiger partial charge in [-0.3, -0.25) is 0 Å². The molecular weight excluding hydrogens is 1310 g/mol. The van der Waals surface area contributed by atoms with Crippen LogP contribution in [0.1, 0.15) is 143 Å². The number of para-hydroxylation sites is 2. The summed E-state index contributed by atoms with van der Waals surface area (Å²) in [5.74, 6) is 1.36. The molecule has 0 unspecified atom stereocenters. The lowest BCUT2D eigenvalue weighted by Crippen LogP contribution is -2.61. The molecule has 2 aromatic heterocycles. The molecule has 4 heterocycles. The van der Waals surface area contributed by atoms with Gasteiger partial charge in [0.05, 0.1) is 33.4 Å². The van der Waals surface area contributed by atoms with Gasteiger partial charge in [-0.15, -0.1) is 0 Å². The Morgan fingerprint density at radius 3 is 1.09 bits per heavy atom. The molecule has 0 saturated carbocycles. The van der Waals surface area contributed by atoms with Crippen LogP contribution in [0, 0.1) is 0 Å².